The van der Waals surface area contributed by atoms with Gasteiger partial charge in [-0.15, -0.1) is 0 Å². The van der Waals surface area contributed by atoms with Crippen molar-refractivity contribution in [1.82, 2.24) is 0 Å². The molecule has 4 heteroatoms. The zero-order valence-electron chi connectivity index (χ0n) is 9.34. The van der Waals surface area contributed by atoms with Crippen molar-refractivity contribution in [2.75, 3.05) is 0 Å². The average molecular weight is 332 g/mol. The molecule has 0 amide bonds. The van der Waals surface area contributed by atoms with Gasteiger partial charge in [0.25, 0.3) is 5.92 Å². The molecule has 0 spiro atoms. The lowest BCUT2D eigenvalue weighted by Gasteiger charge is -2.17. The minimum absolute atomic E-state index is 0.00526. The predicted molar refractivity (Wildman–Crippen MR) is 73.2 cm³/mol. The summed E-state index contributed by atoms with van der Waals surface area (Å²) in [5, 5.41) is 0.471. The Morgan fingerprint density at radius 1 is 1.06 bits per heavy atom. The molecule has 0 aliphatic rings. The number of rotatable bonds is 3. The Labute approximate surface area is 118 Å². The van der Waals surface area contributed by atoms with Gasteiger partial charge in [0.05, 0.1) is 0 Å². The molecule has 0 radical (unpaired) electrons. The van der Waals surface area contributed by atoms with Crippen molar-refractivity contribution in [2.45, 2.75) is 12.3 Å². The molecule has 0 saturated heterocycles. The van der Waals surface area contributed by atoms with E-state index < -0.39 is 5.92 Å². The van der Waals surface area contributed by atoms with Crippen molar-refractivity contribution < 1.29 is 8.78 Å². The van der Waals surface area contributed by atoms with Crippen LogP contribution in [-0.2, 0) is 12.3 Å². The van der Waals surface area contributed by atoms with Crippen LogP contribution in [-0.4, -0.2) is 0 Å². The fourth-order valence-electron chi connectivity index (χ4n) is 1.70. The maximum atomic E-state index is 14.0. The number of benzene rings is 2. The minimum Gasteiger partial charge on any atom is -0.201 e. The van der Waals surface area contributed by atoms with Crippen LogP contribution in [0.5, 0.6) is 0 Å². The minimum atomic E-state index is -2.90. The zero-order chi connectivity index (χ0) is 13.2. The largest absolute Gasteiger partial charge is 0.277 e. The highest BCUT2D eigenvalue weighted by molar-refractivity contribution is 9.10. The van der Waals surface area contributed by atoms with E-state index in [9.17, 15) is 8.78 Å². The first kappa shape index (κ1) is 13.5. The summed E-state index contributed by atoms with van der Waals surface area (Å²) in [5.41, 5.74) is 0.529. The Hall–Kier alpha value is -0.930. The molecule has 0 N–H and O–H groups in total. The van der Waals surface area contributed by atoms with Crippen molar-refractivity contribution in [3.63, 3.8) is 0 Å². The molecule has 94 valence electrons. The molecule has 0 nitrogen and oxygen atoms in total. The van der Waals surface area contributed by atoms with Crippen LogP contribution in [0, 0.1) is 0 Å². The number of halogens is 4. The van der Waals surface area contributed by atoms with Crippen LogP contribution in [0.1, 0.15) is 11.1 Å². The van der Waals surface area contributed by atoms with E-state index in [1.165, 1.54) is 12.1 Å². The summed E-state index contributed by atoms with van der Waals surface area (Å²) < 4.78 is 28.9. The van der Waals surface area contributed by atoms with Crippen LogP contribution >= 0.6 is 27.5 Å². The quantitative estimate of drug-likeness (QED) is 0.703. The predicted octanol–water partition coefficient (Wildman–Crippen LogP) is 5.44. The molecule has 0 bridgehead atoms. The molecule has 0 aromatic heterocycles. The first-order chi connectivity index (χ1) is 8.47. The van der Waals surface area contributed by atoms with Crippen molar-refractivity contribution in [3.8, 4) is 0 Å². The number of hydrogen-bond donors (Lipinski definition) is 0. The van der Waals surface area contributed by atoms with Gasteiger partial charge in [-0.05, 0) is 29.8 Å². The summed E-state index contributed by atoms with van der Waals surface area (Å²) in [5.74, 6) is -2.90. The average Bonchev–Trinajstić information content (AvgIpc) is 2.29. The fourth-order valence-corrected chi connectivity index (χ4v) is 2.18. The van der Waals surface area contributed by atoms with Crippen molar-refractivity contribution in [3.05, 3.63) is 69.2 Å². The van der Waals surface area contributed by atoms with Crippen molar-refractivity contribution >= 4 is 27.5 Å². The highest BCUT2D eigenvalue weighted by Crippen LogP contribution is 2.33. The Kier molecular flexibility index (Phi) is 4.03. The molecule has 2 aromatic rings. The van der Waals surface area contributed by atoms with E-state index in [1.54, 1.807) is 36.4 Å². The molecule has 0 aliphatic heterocycles. The first-order valence-electron chi connectivity index (χ1n) is 5.36. The molecular formula is C14H10BrClF2. The molecule has 0 saturated carbocycles. The third kappa shape index (κ3) is 3.30. The fraction of sp³-hybridized carbons (Fsp3) is 0.143. The molecule has 0 unspecified atom stereocenters. The topological polar surface area (TPSA) is 0 Å². The van der Waals surface area contributed by atoms with Crippen LogP contribution in [0.15, 0.2) is 53.0 Å². The van der Waals surface area contributed by atoms with E-state index in [0.717, 1.165) is 4.47 Å². The maximum Gasteiger partial charge on any atom is 0.277 e. The maximum absolute atomic E-state index is 14.0. The Bertz CT molecular complexity index is 538. The van der Waals surface area contributed by atoms with E-state index in [0.29, 0.717) is 10.6 Å². The summed E-state index contributed by atoms with van der Waals surface area (Å²) in [7, 11) is 0. The van der Waals surface area contributed by atoms with Crippen LogP contribution in [0.3, 0.4) is 0 Å². The standard InChI is InChI=1S/C14H10BrClF2/c15-12-6-4-11(5-7-12)14(17,18)9-10-2-1-3-13(16)8-10/h1-8H,9H2. The van der Waals surface area contributed by atoms with Gasteiger partial charge in [0.2, 0.25) is 0 Å². The van der Waals surface area contributed by atoms with Gasteiger partial charge < -0.3 is 0 Å². The molecular weight excluding hydrogens is 322 g/mol. The third-order valence-corrected chi connectivity index (χ3v) is 3.35. The highest BCUT2D eigenvalue weighted by Gasteiger charge is 2.31. The summed E-state index contributed by atoms with van der Waals surface area (Å²) >= 11 is 9.02. The number of alkyl halides is 2. The van der Waals surface area contributed by atoms with Crippen LogP contribution in [0.4, 0.5) is 8.78 Å². The summed E-state index contributed by atoms with van der Waals surface area (Å²) in [6.07, 6.45) is -0.352. The van der Waals surface area contributed by atoms with Crippen LogP contribution in [0.25, 0.3) is 0 Å². The van der Waals surface area contributed by atoms with E-state index in [4.69, 9.17) is 11.6 Å². The lowest BCUT2D eigenvalue weighted by atomic mass is 10.0. The molecule has 0 fully saturated rings. The molecule has 0 atom stereocenters. The highest BCUT2D eigenvalue weighted by atomic mass is 79.9. The van der Waals surface area contributed by atoms with Gasteiger partial charge in [-0.25, -0.2) is 8.78 Å². The molecule has 18 heavy (non-hydrogen) atoms. The summed E-state index contributed by atoms with van der Waals surface area (Å²) in [6.45, 7) is 0. The second-order valence-corrected chi connectivity index (χ2v) is 5.37. The van der Waals surface area contributed by atoms with E-state index >= 15 is 0 Å². The smallest absolute Gasteiger partial charge is 0.201 e. The lowest BCUT2D eigenvalue weighted by molar-refractivity contribution is -0.00382. The molecule has 2 rings (SSSR count). The summed E-state index contributed by atoms with van der Waals surface area (Å²) in [4.78, 5) is 0. The second-order valence-electron chi connectivity index (χ2n) is 4.02. The molecule has 0 heterocycles. The normalized spacial score (nSPS) is 11.6. The van der Waals surface area contributed by atoms with Gasteiger partial charge >= 0.3 is 0 Å². The van der Waals surface area contributed by atoms with Gasteiger partial charge in [-0.3, -0.25) is 0 Å². The second kappa shape index (κ2) is 5.37. The van der Waals surface area contributed by atoms with Gasteiger partial charge in [0, 0.05) is 21.5 Å². The van der Waals surface area contributed by atoms with Crippen molar-refractivity contribution in [1.29, 1.82) is 0 Å². The number of hydrogen-bond acceptors (Lipinski definition) is 0. The Morgan fingerprint density at radius 2 is 1.72 bits per heavy atom. The Balaban J connectivity index is 2.23. The SMILES string of the molecule is FC(F)(Cc1cccc(Cl)c1)c1ccc(Br)cc1. The zero-order valence-corrected chi connectivity index (χ0v) is 11.7. The first-order valence-corrected chi connectivity index (χ1v) is 6.53. The van der Waals surface area contributed by atoms with Gasteiger partial charge in [-0.1, -0.05) is 51.8 Å². The van der Waals surface area contributed by atoms with Gasteiger partial charge in [0.15, 0.2) is 0 Å². The summed E-state index contributed by atoms with van der Waals surface area (Å²) in [6, 6.07) is 12.6. The van der Waals surface area contributed by atoms with Gasteiger partial charge in [-0.2, -0.15) is 0 Å². The third-order valence-electron chi connectivity index (χ3n) is 2.58. The molecule has 0 aliphatic carbocycles. The van der Waals surface area contributed by atoms with E-state index in [1.807, 2.05) is 0 Å². The van der Waals surface area contributed by atoms with E-state index in [-0.39, 0.29) is 12.0 Å². The molecule has 2 aromatic carbocycles. The monoisotopic (exact) mass is 330 g/mol. The lowest BCUT2D eigenvalue weighted by Crippen LogP contribution is -2.16. The van der Waals surface area contributed by atoms with Crippen LogP contribution < -0.4 is 0 Å². The van der Waals surface area contributed by atoms with Crippen LogP contribution in [0.2, 0.25) is 5.02 Å². The van der Waals surface area contributed by atoms with Gasteiger partial charge in [0.1, 0.15) is 0 Å². The van der Waals surface area contributed by atoms with Crippen molar-refractivity contribution in [2.24, 2.45) is 0 Å². The Morgan fingerprint density at radius 3 is 2.33 bits per heavy atom. The van der Waals surface area contributed by atoms with E-state index in [2.05, 4.69) is 15.9 Å².